The highest BCUT2D eigenvalue weighted by Gasteiger charge is 1.97. The molecule has 0 aromatic heterocycles. The van der Waals surface area contributed by atoms with E-state index in [1.165, 1.54) is 25.7 Å². The quantitative estimate of drug-likeness (QED) is 0.0888. The summed E-state index contributed by atoms with van der Waals surface area (Å²) in [5, 5.41) is 0. The molecular formula is C33H68O12. The van der Waals surface area contributed by atoms with E-state index >= 15 is 0 Å². The highest BCUT2D eigenvalue weighted by atomic mass is 16.6. The van der Waals surface area contributed by atoms with Gasteiger partial charge in [0.15, 0.2) is 0 Å². The van der Waals surface area contributed by atoms with E-state index in [2.05, 4.69) is 13.8 Å². The largest absolute Gasteiger partial charge is 0.379 e. The standard InChI is InChI=1S/C33H68O12/c1-3-5-7-8-9-11-35-13-15-37-17-19-39-21-23-41-25-27-43-29-31-45-33-32-44-30-28-42-26-24-40-22-20-38-18-16-36-14-12-34-10-6-4-2/h3-33H2,1-2H3. The van der Waals surface area contributed by atoms with Crippen LogP contribution < -0.4 is 0 Å². The molecule has 0 bridgehead atoms. The summed E-state index contributed by atoms with van der Waals surface area (Å²) in [6.45, 7) is 18.2. The zero-order chi connectivity index (χ0) is 32.4. The average molecular weight is 657 g/mol. The fourth-order valence-electron chi connectivity index (χ4n) is 3.58. The van der Waals surface area contributed by atoms with Crippen LogP contribution in [-0.2, 0) is 56.8 Å². The lowest BCUT2D eigenvalue weighted by Crippen LogP contribution is -2.15. The zero-order valence-corrected chi connectivity index (χ0v) is 28.8. The summed E-state index contributed by atoms with van der Waals surface area (Å²) in [6, 6.07) is 0. The van der Waals surface area contributed by atoms with Crippen molar-refractivity contribution in [1.82, 2.24) is 0 Å². The summed E-state index contributed by atoms with van der Waals surface area (Å²) < 4.78 is 65.8. The van der Waals surface area contributed by atoms with Gasteiger partial charge in [0.25, 0.3) is 0 Å². The second-order valence-electron chi connectivity index (χ2n) is 10.1. The molecule has 0 aliphatic heterocycles. The van der Waals surface area contributed by atoms with Crippen LogP contribution in [0.25, 0.3) is 0 Å². The Labute approximate surface area is 274 Å². The minimum atomic E-state index is 0.522. The van der Waals surface area contributed by atoms with Gasteiger partial charge in [0, 0.05) is 13.2 Å². The van der Waals surface area contributed by atoms with Crippen molar-refractivity contribution in [2.75, 3.05) is 159 Å². The van der Waals surface area contributed by atoms with Crippen molar-refractivity contribution in [2.24, 2.45) is 0 Å². The first-order valence-corrected chi connectivity index (χ1v) is 17.3. The van der Waals surface area contributed by atoms with Crippen LogP contribution in [0.1, 0.15) is 58.8 Å². The summed E-state index contributed by atoms with van der Waals surface area (Å²) in [5.74, 6) is 0. The fourth-order valence-corrected chi connectivity index (χ4v) is 3.58. The van der Waals surface area contributed by atoms with Crippen LogP contribution in [0, 0.1) is 0 Å². The van der Waals surface area contributed by atoms with Gasteiger partial charge in [-0.05, 0) is 12.8 Å². The molecular weight excluding hydrogens is 588 g/mol. The molecule has 0 saturated heterocycles. The van der Waals surface area contributed by atoms with Gasteiger partial charge in [-0.15, -0.1) is 0 Å². The van der Waals surface area contributed by atoms with Gasteiger partial charge in [-0.1, -0.05) is 46.0 Å². The number of hydrogen-bond donors (Lipinski definition) is 0. The maximum atomic E-state index is 5.56. The van der Waals surface area contributed by atoms with Crippen LogP contribution in [0.3, 0.4) is 0 Å². The van der Waals surface area contributed by atoms with E-state index in [1.54, 1.807) is 0 Å². The normalized spacial score (nSPS) is 11.6. The third-order valence-corrected chi connectivity index (χ3v) is 6.13. The predicted molar refractivity (Wildman–Crippen MR) is 173 cm³/mol. The van der Waals surface area contributed by atoms with Crippen molar-refractivity contribution < 1.29 is 56.8 Å². The van der Waals surface area contributed by atoms with Gasteiger partial charge in [-0.25, -0.2) is 0 Å². The maximum Gasteiger partial charge on any atom is 0.0701 e. The molecule has 0 aromatic carbocycles. The van der Waals surface area contributed by atoms with Gasteiger partial charge in [0.2, 0.25) is 0 Å². The van der Waals surface area contributed by atoms with Crippen LogP contribution in [0.2, 0.25) is 0 Å². The van der Waals surface area contributed by atoms with Crippen molar-refractivity contribution in [3.63, 3.8) is 0 Å². The third-order valence-electron chi connectivity index (χ3n) is 6.13. The van der Waals surface area contributed by atoms with Gasteiger partial charge in [0.05, 0.1) is 145 Å². The predicted octanol–water partition coefficient (Wildman–Crippen LogP) is 3.96. The molecule has 12 heteroatoms. The van der Waals surface area contributed by atoms with Crippen LogP contribution in [0.15, 0.2) is 0 Å². The van der Waals surface area contributed by atoms with Gasteiger partial charge in [-0.3, -0.25) is 0 Å². The Morgan fingerprint density at radius 1 is 0.178 bits per heavy atom. The second kappa shape index (κ2) is 43.5. The molecule has 0 spiro atoms. The molecule has 45 heavy (non-hydrogen) atoms. The molecule has 0 amide bonds. The van der Waals surface area contributed by atoms with Gasteiger partial charge >= 0.3 is 0 Å². The van der Waals surface area contributed by atoms with Crippen LogP contribution in [0.5, 0.6) is 0 Å². The van der Waals surface area contributed by atoms with Gasteiger partial charge < -0.3 is 56.8 Å². The Morgan fingerprint density at radius 2 is 0.356 bits per heavy atom. The van der Waals surface area contributed by atoms with Crippen molar-refractivity contribution in [3.05, 3.63) is 0 Å². The number of unbranched alkanes of at least 4 members (excludes halogenated alkanes) is 5. The zero-order valence-electron chi connectivity index (χ0n) is 28.8. The monoisotopic (exact) mass is 656 g/mol. The summed E-state index contributed by atoms with van der Waals surface area (Å²) >= 11 is 0. The maximum absolute atomic E-state index is 5.56. The number of ether oxygens (including phenoxy) is 12. The SMILES string of the molecule is CCCCCCCOCCOCCOCCOCCOCCOCCOCCOCCOCCOCCOCCOCCCC. The lowest BCUT2D eigenvalue weighted by atomic mass is 10.2. The molecule has 0 rings (SSSR count). The Kier molecular flexibility index (Phi) is 43.1. The lowest BCUT2D eigenvalue weighted by molar-refractivity contribution is -0.0283. The molecule has 0 radical (unpaired) electrons. The van der Waals surface area contributed by atoms with E-state index in [9.17, 15) is 0 Å². The van der Waals surface area contributed by atoms with Crippen LogP contribution >= 0.6 is 0 Å². The van der Waals surface area contributed by atoms with Crippen molar-refractivity contribution in [1.29, 1.82) is 0 Å². The fraction of sp³-hybridized carbons (Fsp3) is 1.00. The summed E-state index contributed by atoms with van der Waals surface area (Å²) in [4.78, 5) is 0. The summed E-state index contributed by atoms with van der Waals surface area (Å²) in [6.07, 6.45) is 8.53. The van der Waals surface area contributed by atoms with Crippen LogP contribution in [-0.4, -0.2) is 159 Å². The molecule has 0 saturated carbocycles. The first kappa shape index (κ1) is 44.5. The Hall–Kier alpha value is -0.480. The molecule has 0 N–H and O–H groups in total. The van der Waals surface area contributed by atoms with Crippen molar-refractivity contribution in [3.8, 4) is 0 Å². The Balaban J connectivity index is 3.03. The van der Waals surface area contributed by atoms with E-state index in [-0.39, 0.29) is 0 Å². The van der Waals surface area contributed by atoms with Gasteiger partial charge in [-0.2, -0.15) is 0 Å². The van der Waals surface area contributed by atoms with Crippen molar-refractivity contribution >= 4 is 0 Å². The average Bonchev–Trinajstić information content (AvgIpc) is 3.05. The molecule has 12 nitrogen and oxygen atoms in total. The molecule has 0 atom stereocenters. The smallest absolute Gasteiger partial charge is 0.0701 e. The molecule has 272 valence electrons. The molecule has 0 heterocycles. The summed E-state index contributed by atoms with van der Waals surface area (Å²) in [5.41, 5.74) is 0. The minimum absolute atomic E-state index is 0.522. The Morgan fingerprint density at radius 3 is 0.578 bits per heavy atom. The molecule has 0 fully saturated rings. The highest BCUT2D eigenvalue weighted by Crippen LogP contribution is 2.02. The lowest BCUT2D eigenvalue weighted by Gasteiger charge is -2.09. The highest BCUT2D eigenvalue weighted by molar-refractivity contribution is 4.42. The van der Waals surface area contributed by atoms with E-state index in [0.717, 1.165) is 32.5 Å². The second-order valence-corrected chi connectivity index (χ2v) is 10.1. The van der Waals surface area contributed by atoms with Crippen LogP contribution in [0.4, 0.5) is 0 Å². The van der Waals surface area contributed by atoms with E-state index in [4.69, 9.17) is 56.8 Å². The van der Waals surface area contributed by atoms with Gasteiger partial charge in [0.1, 0.15) is 0 Å². The van der Waals surface area contributed by atoms with E-state index in [1.807, 2.05) is 0 Å². The number of hydrogen-bond acceptors (Lipinski definition) is 12. The first-order valence-electron chi connectivity index (χ1n) is 17.3. The third kappa shape index (κ3) is 43.5. The molecule has 0 aliphatic rings. The topological polar surface area (TPSA) is 111 Å². The molecule has 0 aliphatic carbocycles. The first-order chi connectivity index (χ1) is 22.4. The Bertz CT molecular complexity index is 462. The molecule has 0 unspecified atom stereocenters. The molecule has 0 aromatic rings. The van der Waals surface area contributed by atoms with E-state index in [0.29, 0.717) is 145 Å². The van der Waals surface area contributed by atoms with Crippen molar-refractivity contribution in [2.45, 2.75) is 58.8 Å². The minimum Gasteiger partial charge on any atom is -0.379 e. The summed E-state index contributed by atoms with van der Waals surface area (Å²) in [7, 11) is 0. The number of rotatable bonds is 42. The van der Waals surface area contributed by atoms with E-state index < -0.39 is 0 Å².